The summed E-state index contributed by atoms with van der Waals surface area (Å²) in [7, 11) is -3.35. The molecule has 13 heavy (non-hydrogen) atoms. The molecule has 0 saturated heterocycles. The second-order valence-electron chi connectivity index (χ2n) is 2.40. The minimum Gasteiger partial charge on any atom is -0.365 e. The minimum absolute atomic E-state index is 0.213. The van der Waals surface area contributed by atoms with Crippen LogP contribution in [0.2, 0.25) is 0 Å². The smallest absolute Gasteiger partial charge is 0.260 e. The minimum atomic E-state index is -3.35. The molecule has 0 fully saturated rings. The third-order valence-corrected chi connectivity index (χ3v) is 2.70. The van der Waals surface area contributed by atoms with E-state index in [0.717, 1.165) is 17.6 Å². The Balaban J connectivity index is 3.02. The van der Waals surface area contributed by atoms with Gasteiger partial charge in [0.05, 0.1) is 11.9 Å². The number of sulfonamides is 1. The number of rotatable bonds is 3. The molecule has 0 aromatic carbocycles. The number of anilines is 1. The highest BCUT2D eigenvalue weighted by molar-refractivity contribution is 7.92. The van der Waals surface area contributed by atoms with Crippen molar-refractivity contribution in [3.63, 3.8) is 0 Å². The molecule has 0 aliphatic carbocycles. The molecule has 1 aromatic heterocycles. The van der Waals surface area contributed by atoms with Gasteiger partial charge in [0.2, 0.25) is 10.0 Å². The van der Waals surface area contributed by atoms with Crippen molar-refractivity contribution in [1.29, 1.82) is 0 Å². The summed E-state index contributed by atoms with van der Waals surface area (Å²) in [6.07, 6.45) is 1.01. The quantitative estimate of drug-likeness (QED) is 0.763. The summed E-state index contributed by atoms with van der Waals surface area (Å²) in [5.41, 5.74) is 5.25. The molecule has 1 heterocycles. The summed E-state index contributed by atoms with van der Waals surface area (Å²) in [6.45, 7) is 0. The molecule has 0 aliphatic rings. The van der Waals surface area contributed by atoms with Crippen LogP contribution in [0.25, 0.3) is 0 Å². The van der Waals surface area contributed by atoms with Crippen LogP contribution in [0.1, 0.15) is 9.67 Å². The van der Waals surface area contributed by atoms with Gasteiger partial charge in [-0.15, -0.1) is 11.3 Å². The Bertz CT molecular complexity index is 421. The van der Waals surface area contributed by atoms with E-state index in [1.54, 1.807) is 5.38 Å². The third kappa shape index (κ3) is 2.71. The van der Waals surface area contributed by atoms with Gasteiger partial charge in [-0.3, -0.25) is 9.52 Å². The predicted octanol–water partition coefficient (Wildman–Crippen LogP) is 0.219. The fourth-order valence-electron chi connectivity index (χ4n) is 0.780. The third-order valence-electron chi connectivity index (χ3n) is 1.18. The Morgan fingerprint density at radius 1 is 1.62 bits per heavy atom. The van der Waals surface area contributed by atoms with Crippen LogP contribution in [0.5, 0.6) is 0 Å². The van der Waals surface area contributed by atoms with Gasteiger partial charge >= 0.3 is 0 Å². The number of nitrogens with one attached hydrogen (secondary N) is 1. The first-order chi connectivity index (χ1) is 5.90. The lowest BCUT2D eigenvalue weighted by atomic mass is 10.4. The number of carbonyl (C=O) groups excluding carboxylic acids is 1. The lowest BCUT2D eigenvalue weighted by molar-refractivity contribution is 0.100. The van der Waals surface area contributed by atoms with Crippen molar-refractivity contribution in [2.75, 3.05) is 11.0 Å². The fraction of sp³-hybridized carbons (Fsp3) is 0.167. The van der Waals surface area contributed by atoms with E-state index >= 15 is 0 Å². The van der Waals surface area contributed by atoms with Gasteiger partial charge in [-0.05, 0) is 11.4 Å². The van der Waals surface area contributed by atoms with E-state index in [1.807, 2.05) is 0 Å². The monoisotopic (exact) mass is 220 g/mol. The van der Waals surface area contributed by atoms with Crippen molar-refractivity contribution < 1.29 is 13.2 Å². The molecule has 0 bridgehead atoms. The van der Waals surface area contributed by atoms with Crippen LogP contribution in [0.3, 0.4) is 0 Å². The van der Waals surface area contributed by atoms with Gasteiger partial charge in [0.25, 0.3) is 5.91 Å². The second-order valence-corrected chi connectivity index (χ2v) is 5.07. The highest BCUT2D eigenvalue weighted by Crippen LogP contribution is 2.22. The highest BCUT2D eigenvalue weighted by atomic mass is 32.2. The molecule has 1 aromatic rings. The lowest BCUT2D eigenvalue weighted by Gasteiger charge is -2.01. The van der Waals surface area contributed by atoms with Crippen LogP contribution >= 0.6 is 11.3 Å². The van der Waals surface area contributed by atoms with Crippen LogP contribution < -0.4 is 10.5 Å². The van der Waals surface area contributed by atoms with Gasteiger partial charge in [-0.2, -0.15) is 0 Å². The maximum atomic E-state index is 10.8. The molecule has 7 heteroatoms. The Labute approximate surface area is 79.6 Å². The number of carbonyl (C=O) groups is 1. The average molecular weight is 220 g/mol. The van der Waals surface area contributed by atoms with Crippen LogP contribution in [0.15, 0.2) is 11.4 Å². The van der Waals surface area contributed by atoms with Gasteiger partial charge in [-0.1, -0.05) is 0 Å². The molecule has 0 aliphatic heterocycles. The van der Waals surface area contributed by atoms with Crippen molar-refractivity contribution in [1.82, 2.24) is 0 Å². The molecular formula is C6H8N2O3S2. The first kappa shape index (κ1) is 10.0. The van der Waals surface area contributed by atoms with E-state index in [-0.39, 0.29) is 10.6 Å². The van der Waals surface area contributed by atoms with Gasteiger partial charge < -0.3 is 5.73 Å². The maximum Gasteiger partial charge on any atom is 0.260 e. The highest BCUT2D eigenvalue weighted by Gasteiger charge is 2.12. The number of hydrogen-bond acceptors (Lipinski definition) is 4. The zero-order valence-electron chi connectivity index (χ0n) is 6.77. The molecule has 72 valence electrons. The van der Waals surface area contributed by atoms with E-state index in [0.29, 0.717) is 0 Å². The molecule has 0 radical (unpaired) electrons. The number of thiophene rings is 1. The summed E-state index contributed by atoms with van der Waals surface area (Å²) in [4.78, 5) is 11.0. The van der Waals surface area contributed by atoms with Crippen LogP contribution in [0.4, 0.5) is 5.69 Å². The Hall–Kier alpha value is -1.08. The lowest BCUT2D eigenvalue weighted by Crippen LogP contribution is -2.15. The molecule has 0 atom stereocenters. The van der Waals surface area contributed by atoms with Crippen molar-refractivity contribution in [3.05, 3.63) is 16.3 Å². The largest absolute Gasteiger partial charge is 0.365 e. The zero-order chi connectivity index (χ0) is 10.1. The summed E-state index contributed by atoms with van der Waals surface area (Å²) in [5.74, 6) is -0.638. The number of nitrogens with two attached hydrogens (primary N) is 1. The number of amides is 1. The molecule has 0 saturated carbocycles. The van der Waals surface area contributed by atoms with Crippen molar-refractivity contribution in [3.8, 4) is 0 Å². The van der Waals surface area contributed by atoms with Gasteiger partial charge in [0.1, 0.15) is 4.88 Å². The molecule has 1 amide bonds. The fourth-order valence-corrected chi connectivity index (χ4v) is 2.12. The summed E-state index contributed by atoms with van der Waals surface area (Å²) in [6, 6.07) is 1.49. The van der Waals surface area contributed by atoms with Gasteiger partial charge in [0, 0.05) is 0 Å². The van der Waals surface area contributed by atoms with E-state index < -0.39 is 15.9 Å². The van der Waals surface area contributed by atoms with E-state index in [4.69, 9.17) is 5.73 Å². The van der Waals surface area contributed by atoms with Crippen LogP contribution in [-0.2, 0) is 10.0 Å². The first-order valence-electron chi connectivity index (χ1n) is 3.25. The zero-order valence-corrected chi connectivity index (χ0v) is 8.41. The second kappa shape index (κ2) is 3.35. The van der Waals surface area contributed by atoms with Crippen LogP contribution in [0, 0.1) is 0 Å². The van der Waals surface area contributed by atoms with E-state index in [2.05, 4.69) is 4.72 Å². The standard InChI is InChI=1S/C6H8N2O3S2/c1-13(10,11)8-4-2-3-12-5(4)6(7)9/h2-3,8H,1H3,(H2,7,9). The first-order valence-corrected chi connectivity index (χ1v) is 6.02. The SMILES string of the molecule is CS(=O)(=O)Nc1ccsc1C(N)=O. The maximum absolute atomic E-state index is 10.8. The summed E-state index contributed by atoms with van der Waals surface area (Å²) >= 11 is 1.10. The van der Waals surface area contributed by atoms with E-state index in [1.165, 1.54) is 6.07 Å². The molecular weight excluding hydrogens is 212 g/mol. The number of hydrogen-bond donors (Lipinski definition) is 2. The average Bonchev–Trinajstić information content (AvgIpc) is 2.31. The number of primary amides is 1. The van der Waals surface area contributed by atoms with Gasteiger partial charge in [0.15, 0.2) is 0 Å². The Morgan fingerprint density at radius 3 is 2.69 bits per heavy atom. The van der Waals surface area contributed by atoms with Crippen molar-refractivity contribution in [2.45, 2.75) is 0 Å². The van der Waals surface area contributed by atoms with E-state index in [9.17, 15) is 13.2 Å². The molecule has 0 spiro atoms. The Kier molecular flexibility index (Phi) is 2.58. The van der Waals surface area contributed by atoms with Crippen LogP contribution in [-0.4, -0.2) is 20.6 Å². The summed E-state index contributed by atoms with van der Waals surface area (Å²) < 4.78 is 23.8. The van der Waals surface area contributed by atoms with Crippen molar-refractivity contribution in [2.24, 2.45) is 5.73 Å². The van der Waals surface area contributed by atoms with Gasteiger partial charge in [-0.25, -0.2) is 8.42 Å². The molecule has 5 nitrogen and oxygen atoms in total. The predicted molar refractivity (Wildman–Crippen MR) is 51.3 cm³/mol. The Morgan fingerprint density at radius 2 is 2.23 bits per heavy atom. The normalized spacial score (nSPS) is 11.2. The molecule has 0 unspecified atom stereocenters. The molecule has 3 N–H and O–H groups in total. The van der Waals surface area contributed by atoms with Crippen molar-refractivity contribution >= 4 is 33.0 Å². The summed E-state index contributed by atoms with van der Waals surface area (Å²) in [5, 5.41) is 1.59. The molecule has 1 rings (SSSR count). The topological polar surface area (TPSA) is 89.3 Å².